The predicted molar refractivity (Wildman–Crippen MR) is 130 cm³/mol. The lowest BCUT2D eigenvalue weighted by Crippen LogP contribution is -2.37. The molecule has 0 aromatic carbocycles. The quantitative estimate of drug-likeness (QED) is 0.334. The summed E-state index contributed by atoms with van der Waals surface area (Å²) < 4.78 is 73.7. The molecule has 2 amide bonds. The van der Waals surface area contributed by atoms with Crippen LogP contribution >= 0.6 is 0 Å². The second-order valence-corrected chi connectivity index (χ2v) is 10.6. The Morgan fingerprint density at radius 3 is 2.48 bits per heavy atom. The van der Waals surface area contributed by atoms with E-state index in [1.54, 1.807) is 12.3 Å². The van der Waals surface area contributed by atoms with Gasteiger partial charge in [0.05, 0.1) is 30.2 Å². The first kappa shape index (κ1) is 28.0. The monoisotopic (exact) mass is 568 g/mol. The number of fused-ring (bicyclic) bond motifs is 1. The standard InChI is InChI=1S/C26H29F5N6O3/c1-2-3-20(38)34-21(14-4-5-14)16-10-19-33-18(12-37(19)32-11-16)22(15-6-8-25(27,28)9-7-15)35-24(39)17-13-40-36-23(17)26(29,30)31/h10-15,21-22H,2-9H2,1H3,(H,34,38)(H,35,39)/t21-,22+/m1/s1. The smallest absolute Gasteiger partial charge is 0.363 e. The summed E-state index contributed by atoms with van der Waals surface area (Å²) in [6.07, 6.45) is 1.11. The van der Waals surface area contributed by atoms with Gasteiger partial charge in [0.25, 0.3) is 5.91 Å². The highest BCUT2D eigenvalue weighted by Gasteiger charge is 2.42. The highest BCUT2D eigenvalue weighted by atomic mass is 19.4. The second kappa shape index (κ2) is 10.8. The molecule has 0 unspecified atom stereocenters. The normalized spacial score (nSPS) is 19.4. The number of carbonyl (C=O) groups excluding carboxylic acids is 2. The number of alkyl halides is 5. The Hall–Kier alpha value is -3.58. The molecule has 2 aliphatic carbocycles. The zero-order valence-corrected chi connectivity index (χ0v) is 21.7. The highest BCUT2D eigenvalue weighted by molar-refractivity contribution is 5.95. The maximum absolute atomic E-state index is 13.9. The summed E-state index contributed by atoms with van der Waals surface area (Å²) >= 11 is 0. The van der Waals surface area contributed by atoms with Gasteiger partial charge in [-0.25, -0.2) is 18.3 Å². The first-order chi connectivity index (χ1) is 18.9. The van der Waals surface area contributed by atoms with Gasteiger partial charge in [0.1, 0.15) is 11.8 Å². The molecular weight excluding hydrogens is 539 g/mol. The Balaban J connectivity index is 1.45. The molecule has 216 valence electrons. The second-order valence-electron chi connectivity index (χ2n) is 10.6. The Bertz CT molecular complexity index is 1370. The van der Waals surface area contributed by atoms with E-state index in [4.69, 9.17) is 0 Å². The van der Waals surface area contributed by atoms with Crippen LogP contribution in [0.5, 0.6) is 0 Å². The van der Waals surface area contributed by atoms with Crippen molar-refractivity contribution in [2.75, 3.05) is 0 Å². The summed E-state index contributed by atoms with van der Waals surface area (Å²) in [6, 6.07) is 0.567. The number of halogens is 5. The molecular formula is C26H29F5N6O3. The number of hydrogen-bond donors (Lipinski definition) is 2. The summed E-state index contributed by atoms with van der Waals surface area (Å²) in [7, 11) is 0. The van der Waals surface area contributed by atoms with E-state index < -0.39 is 54.1 Å². The van der Waals surface area contributed by atoms with Crippen LogP contribution < -0.4 is 10.6 Å². The molecule has 0 bridgehead atoms. The first-order valence-corrected chi connectivity index (χ1v) is 13.3. The fourth-order valence-corrected chi connectivity index (χ4v) is 5.26. The molecule has 2 atom stereocenters. The number of imidazole rings is 1. The van der Waals surface area contributed by atoms with E-state index in [1.165, 1.54) is 10.7 Å². The van der Waals surface area contributed by atoms with Crippen LogP contribution in [0.2, 0.25) is 0 Å². The molecule has 40 heavy (non-hydrogen) atoms. The van der Waals surface area contributed by atoms with Crippen molar-refractivity contribution in [1.82, 2.24) is 30.4 Å². The number of rotatable bonds is 9. The van der Waals surface area contributed by atoms with Gasteiger partial charge < -0.3 is 15.2 Å². The Labute approximate surface area is 225 Å². The molecule has 3 aromatic rings. The summed E-state index contributed by atoms with van der Waals surface area (Å²) in [4.78, 5) is 29.9. The fourth-order valence-electron chi connectivity index (χ4n) is 5.26. The van der Waals surface area contributed by atoms with Crippen molar-refractivity contribution < 1.29 is 36.1 Å². The van der Waals surface area contributed by atoms with Crippen LogP contribution in [0.3, 0.4) is 0 Å². The SMILES string of the molecule is CCCC(=O)N[C@@H](c1cnn2cc([C@@H](NC(=O)c3conc3C(F)(F)F)C3CCC(F)(F)CC3)nc2c1)C1CC1. The van der Waals surface area contributed by atoms with Crippen molar-refractivity contribution in [3.8, 4) is 0 Å². The lowest BCUT2D eigenvalue weighted by molar-refractivity contribution is -0.143. The summed E-state index contributed by atoms with van der Waals surface area (Å²) in [5.41, 5.74) is -0.858. The van der Waals surface area contributed by atoms with Crippen LogP contribution in [0.15, 0.2) is 29.2 Å². The van der Waals surface area contributed by atoms with E-state index in [1.807, 2.05) is 6.92 Å². The fraction of sp³-hybridized carbons (Fsp3) is 0.577. The molecule has 5 rings (SSSR count). The van der Waals surface area contributed by atoms with Gasteiger partial charge in [-0.15, -0.1) is 0 Å². The topological polar surface area (TPSA) is 114 Å². The van der Waals surface area contributed by atoms with Gasteiger partial charge in [0.2, 0.25) is 11.8 Å². The van der Waals surface area contributed by atoms with Crippen LogP contribution in [0.4, 0.5) is 22.0 Å². The van der Waals surface area contributed by atoms with Crippen LogP contribution in [0.1, 0.15) is 97.7 Å². The van der Waals surface area contributed by atoms with Gasteiger partial charge in [-0.3, -0.25) is 9.59 Å². The number of nitrogens with zero attached hydrogens (tertiary/aromatic N) is 4. The third-order valence-corrected chi connectivity index (χ3v) is 7.53. The predicted octanol–water partition coefficient (Wildman–Crippen LogP) is 5.40. The minimum absolute atomic E-state index is 0.0352. The zero-order valence-electron chi connectivity index (χ0n) is 21.7. The van der Waals surface area contributed by atoms with Crippen LogP contribution in [0.25, 0.3) is 5.65 Å². The number of aromatic nitrogens is 4. The average Bonchev–Trinajstić information content (AvgIpc) is 3.42. The van der Waals surface area contributed by atoms with Gasteiger partial charge in [0.15, 0.2) is 11.3 Å². The summed E-state index contributed by atoms with van der Waals surface area (Å²) in [6.45, 7) is 1.92. The van der Waals surface area contributed by atoms with Crippen molar-refractivity contribution >= 4 is 17.5 Å². The van der Waals surface area contributed by atoms with Crippen molar-refractivity contribution in [2.45, 2.75) is 82.5 Å². The van der Waals surface area contributed by atoms with Gasteiger partial charge in [-0.2, -0.15) is 18.3 Å². The molecule has 14 heteroatoms. The molecule has 9 nitrogen and oxygen atoms in total. The Kier molecular flexibility index (Phi) is 7.53. The molecule has 0 spiro atoms. The highest BCUT2D eigenvalue weighted by Crippen LogP contribution is 2.43. The lowest BCUT2D eigenvalue weighted by Gasteiger charge is -2.33. The molecule has 2 aliphatic rings. The van der Waals surface area contributed by atoms with E-state index in [2.05, 4.69) is 30.4 Å². The molecule has 0 radical (unpaired) electrons. The zero-order chi connectivity index (χ0) is 28.7. The van der Waals surface area contributed by atoms with E-state index >= 15 is 0 Å². The molecule has 2 fully saturated rings. The minimum atomic E-state index is -4.92. The van der Waals surface area contributed by atoms with Gasteiger partial charge >= 0.3 is 6.18 Å². The van der Waals surface area contributed by atoms with E-state index in [0.717, 1.165) is 18.4 Å². The lowest BCUT2D eigenvalue weighted by atomic mass is 9.81. The van der Waals surface area contributed by atoms with Crippen molar-refractivity contribution in [2.24, 2.45) is 11.8 Å². The maximum atomic E-state index is 13.9. The molecule has 0 saturated heterocycles. The molecule has 3 heterocycles. The number of hydrogen-bond acceptors (Lipinski definition) is 6. The maximum Gasteiger partial charge on any atom is 0.437 e. The molecule has 2 N–H and O–H groups in total. The number of carbonyl (C=O) groups is 2. The van der Waals surface area contributed by atoms with Crippen molar-refractivity contribution in [1.29, 1.82) is 0 Å². The Morgan fingerprint density at radius 2 is 1.82 bits per heavy atom. The van der Waals surface area contributed by atoms with E-state index in [-0.39, 0.29) is 36.4 Å². The third kappa shape index (κ3) is 6.09. The number of amides is 2. The van der Waals surface area contributed by atoms with Crippen LogP contribution in [-0.2, 0) is 11.0 Å². The molecule has 0 aliphatic heterocycles. The van der Waals surface area contributed by atoms with Crippen LogP contribution in [-0.4, -0.2) is 37.5 Å². The van der Waals surface area contributed by atoms with Gasteiger partial charge in [-0.1, -0.05) is 12.1 Å². The largest absolute Gasteiger partial charge is 0.437 e. The molecule has 2 saturated carbocycles. The number of nitrogens with one attached hydrogen (secondary N) is 2. The molecule has 3 aromatic heterocycles. The van der Waals surface area contributed by atoms with Crippen molar-refractivity contribution in [3.05, 3.63) is 47.2 Å². The first-order valence-electron chi connectivity index (χ1n) is 13.3. The Morgan fingerprint density at radius 1 is 1.12 bits per heavy atom. The van der Waals surface area contributed by atoms with Crippen molar-refractivity contribution in [3.63, 3.8) is 0 Å². The van der Waals surface area contributed by atoms with E-state index in [9.17, 15) is 31.5 Å². The van der Waals surface area contributed by atoms with Crippen LogP contribution in [0, 0.1) is 11.8 Å². The van der Waals surface area contributed by atoms with Gasteiger partial charge in [-0.05, 0) is 55.6 Å². The average molecular weight is 569 g/mol. The van der Waals surface area contributed by atoms with Gasteiger partial charge in [0, 0.05) is 19.3 Å². The summed E-state index contributed by atoms with van der Waals surface area (Å²) in [5.74, 6) is -4.24. The minimum Gasteiger partial charge on any atom is -0.363 e. The van der Waals surface area contributed by atoms with E-state index in [0.29, 0.717) is 24.8 Å². The summed E-state index contributed by atoms with van der Waals surface area (Å²) in [5, 5.41) is 12.9. The third-order valence-electron chi connectivity index (χ3n) is 7.53.